The number of nitrogens with zero attached hydrogens (tertiary/aromatic N) is 2. The highest BCUT2D eigenvalue weighted by molar-refractivity contribution is 5.85. The molecule has 1 spiro atoms. The van der Waals surface area contributed by atoms with Crippen LogP contribution in [-0.2, 0) is 14.3 Å². The molecule has 1 saturated carbocycles. The molecule has 3 fully saturated rings. The topological polar surface area (TPSA) is 112 Å². The van der Waals surface area contributed by atoms with Crippen molar-refractivity contribution in [3.05, 3.63) is 27.8 Å². The Morgan fingerprint density at radius 3 is 2.41 bits per heavy atom. The van der Waals surface area contributed by atoms with E-state index in [2.05, 4.69) is 5.32 Å². The van der Waals surface area contributed by atoms with E-state index in [1.807, 2.05) is 4.90 Å². The first-order valence-electron chi connectivity index (χ1n) is 11.4. The third-order valence-electron chi connectivity index (χ3n) is 6.95. The number of amides is 1. The van der Waals surface area contributed by atoms with E-state index in [0.717, 1.165) is 25.7 Å². The number of carbonyl (C=O) groups is 1. The van der Waals surface area contributed by atoms with E-state index in [-0.39, 0.29) is 24.4 Å². The molecule has 2 saturated heterocycles. The van der Waals surface area contributed by atoms with Crippen molar-refractivity contribution in [3.63, 3.8) is 0 Å². The Morgan fingerprint density at radius 1 is 1.09 bits per heavy atom. The lowest BCUT2D eigenvalue weighted by Crippen LogP contribution is -2.51. The summed E-state index contributed by atoms with van der Waals surface area (Å²) in [5.41, 5.74) is 0.198. The summed E-state index contributed by atoms with van der Waals surface area (Å²) in [4.78, 5) is 27.1. The van der Waals surface area contributed by atoms with Gasteiger partial charge in [-0.25, -0.2) is 0 Å². The van der Waals surface area contributed by atoms with Crippen molar-refractivity contribution in [1.29, 1.82) is 0 Å². The second kappa shape index (κ2) is 8.84. The zero-order valence-electron chi connectivity index (χ0n) is 18.0. The number of fused-ring (bicyclic) bond motifs is 1. The first kappa shape index (κ1) is 21.4. The Kier molecular flexibility index (Phi) is 5.92. The maximum Gasteiger partial charge on any atom is 0.278 e. The lowest BCUT2D eigenvalue weighted by Gasteiger charge is -2.41. The second-order valence-corrected chi connectivity index (χ2v) is 8.91. The zero-order chi connectivity index (χ0) is 22.1. The zero-order valence-corrected chi connectivity index (χ0v) is 18.0. The maximum atomic E-state index is 13.6. The van der Waals surface area contributed by atoms with E-state index in [1.165, 1.54) is 12.5 Å². The van der Waals surface area contributed by atoms with Gasteiger partial charge in [0.25, 0.3) is 5.69 Å². The number of hydrogen-bond acceptors (Lipinski definition) is 8. The predicted molar refractivity (Wildman–Crippen MR) is 112 cm³/mol. The van der Waals surface area contributed by atoms with Gasteiger partial charge in [-0.2, -0.15) is 0 Å². The minimum atomic E-state index is -0.800. The van der Waals surface area contributed by atoms with Gasteiger partial charge in [0.05, 0.1) is 29.8 Å². The number of likely N-dealkylation sites (tertiary alicyclic amines) is 1. The number of nitro benzene ring substituents is 1. The molecule has 0 bridgehead atoms. The van der Waals surface area contributed by atoms with Gasteiger partial charge in [0.15, 0.2) is 17.3 Å². The maximum absolute atomic E-state index is 13.6. The third-order valence-corrected chi connectivity index (χ3v) is 6.95. The largest absolute Gasteiger partial charge is 0.454 e. The highest BCUT2D eigenvalue weighted by Crippen LogP contribution is 2.43. The lowest BCUT2D eigenvalue weighted by atomic mass is 9.93. The molecule has 4 aliphatic rings. The second-order valence-electron chi connectivity index (χ2n) is 8.91. The van der Waals surface area contributed by atoms with Gasteiger partial charge in [-0.1, -0.05) is 19.3 Å². The average molecular weight is 447 g/mol. The smallest absolute Gasteiger partial charge is 0.278 e. The molecule has 1 unspecified atom stereocenters. The van der Waals surface area contributed by atoms with Crippen molar-refractivity contribution in [2.24, 2.45) is 0 Å². The summed E-state index contributed by atoms with van der Waals surface area (Å²) in [6, 6.07) is 2.26. The van der Waals surface area contributed by atoms with Crippen LogP contribution in [0.5, 0.6) is 11.5 Å². The van der Waals surface area contributed by atoms with E-state index in [0.29, 0.717) is 56.2 Å². The molecule has 32 heavy (non-hydrogen) atoms. The first-order valence-corrected chi connectivity index (χ1v) is 11.4. The van der Waals surface area contributed by atoms with Crippen molar-refractivity contribution >= 4 is 11.6 Å². The van der Waals surface area contributed by atoms with Crippen LogP contribution < -0.4 is 14.8 Å². The fraction of sp³-hybridized carbons (Fsp3) is 0.682. The van der Waals surface area contributed by atoms with Crippen molar-refractivity contribution in [3.8, 4) is 11.5 Å². The van der Waals surface area contributed by atoms with Crippen molar-refractivity contribution < 1.29 is 28.7 Å². The monoisotopic (exact) mass is 447 g/mol. The number of benzene rings is 1. The van der Waals surface area contributed by atoms with Gasteiger partial charge >= 0.3 is 0 Å². The summed E-state index contributed by atoms with van der Waals surface area (Å²) in [6.45, 7) is 2.22. The van der Waals surface area contributed by atoms with E-state index >= 15 is 0 Å². The van der Waals surface area contributed by atoms with Crippen LogP contribution in [0.25, 0.3) is 0 Å². The van der Waals surface area contributed by atoms with Gasteiger partial charge in [0.1, 0.15) is 6.04 Å². The van der Waals surface area contributed by atoms with Crippen molar-refractivity contribution in [2.75, 3.05) is 33.1 Å². The van der Waals surface area contributed by atoms with Gasteiger partial charge in [-0.05, 0) is 18.9 Å². The van der Waals surface area contributed by atoms with Crippen molar-refractivity contribution in [1.82, 2.24) is 10.2 Å². The third kappa shape index (κ3) is 4.14. The number of hydrogen-bond donors (Lipinski definition) is 1. The fourth-order valence-electron chi connectivity index (χ4n) is 5.26. The summed E-state index contributed by atoms with van der Waals surface area (Å²) in [5.74, 6) is -0.0424. The molecule has 1 aromatic carbocycles. The van der Waals surface area contributed by atoms with Crippen LogP contribution in [-0.4, -0.2) is 60.7 Å². The minimum absolute atomic E-state index is 0.00971. The van der Waals surface area contributed by atoms with Crippen LogP contribution in [0.4, 0.5) is 5.69 Å². The molecule has 5 rings (SSSR count). The highest BCUT2D eigenvalue weighted by Gasteiger charge is 2.44. The van der Waals surface area contributed by atoms with E-state index in [9.17, 15) is 14.9 Å². The number of ether oxygens (including phenoxy) is 4. The summed E-state index contributed by atoms with van der Waals surface area (Å²) in [7, 11) is 0. The molecule has 10 nitrogen and oxygen atoms in total. The highest BCUT2D eigenvalue weighted by atomic mass is 16.7. The van der Waals surface area contributed by atoms with Gasteiger partial charge in [-0.3, -0.25) is 19.8 Å². The summed E-state index contributed by atoms with van der Waals surface area (Å²) >= 11 is 0. The van der Waals surface area contributed by atoms with Crippen LogP contribution in [0.2, 0.25) is 0 Å². The minimum Gasteiger partial charge on any atom is -0.454 e. The molecule has 0 aromatic heterocycles. The van der Waals surface area contributed by atoms with Crippen LogP contribution in [0.15, 0.2) is 12.1 Å². The summed E-state index contributed by atoms with van der Waals surface area (Å²) in [5, 5.41) is 15.1. The molecule has 1 aliphatic carbocycles. The van der Waals surface area contributed by atoms with E-state index in [4.69, 9.17) is 18.9 Å². The molecule has 1 atom stereocenters. The molecular formula is C22H29N3O7. The standard InChI is InChI=1S/C22H29N3O7/c26-21(23-15-4-2-1-3-5-15)20(24-8-6-22(7-9-24)31-10-11-32-22)16-12-18-19(30-14-29-18)13-17(16)25(27)28/h12-13,15,20H,1-11,14H2,(H,23,26). The number of nitro groups is 1. The Morgan fingerprint density at radius 2 is 1.75 bits per heavy atom. The van der Waals surface area contributed by atoms with Gasteiger partial charge < -0.3 is 24.3 Å². The molecular weight excluding hydrogens is 418 g/mol. The number of piperidine rings is 1. The van der Waals surface area contributed by atoms with Crippen LogP contribution >= 0.6 is 0 Å². The van der Waals surface area contributed by atoms with Crippen LogP contribution in [0.1, 0.15) is 56.6 Å². The molecule has 3 aliphatic heterocycles. The molecule has 1 amide bonds. The lowest BCUT2D eigenvalue weighted by molar-refractivity contribution is -0.386. The predicted octanol–water partition coefficient (Wildman–Crippen LogP) is 2.65. The fourth-order valence-corrected chi connectivity index (χ4v) is 5.26. The Hall–Kier alpha value is -2.43. The number of carbonyl (C=O) groups excluding carboxylic acids is 1. The quantitative estimate of drug-likeness (QED) is 0.542. The SMILES string of the molecule is O=C(NC1CCCCC1)C(c1cc2c(cc1[N+](=O)[O-])OCO2)N1CCC2(CC1)OCCO2. The number of nitrogens with one attached hydrogen (secondary N) is 1. The Balaban J connectivity index is 1.46. The number of rotatable bonds is 5. The van der Waals surface area contributed by atoms with Crippen LogP contribution in [0.3, 0.4) is 0 Å². The molecule has 0 radical (unpaired) electrons. The molecule has 10 heteroatoms. The molecule has 1 aromatic rings. The normalized spacial score (nSPS) is 23.9. The van der Waals surface area contributed by atoms with Gasteiger partial charge in [-0.15, -0.1) is 0 Å². The van der Waals surface area contributed by atoms with E-state index < -0.39 is 16.8 Å². The summed E-state index contributed by atoms with van der Waals surface area (Å²) in [6.07, 6.45) is 6.44. The average Bonchev–Trinajstić information content (AvgIpc) is 3.45. The summed E-state index contributed by atoms with van der Waals surface area (Å²) < 4.78 is 22.5. The Labute approximate surface area is 186 Å². The van der Waals surface area contributed by atoms with E-state index in [1.54, 1.807) is 6.07 Å². The Bertz CT molecular complexity index is 871. The molecule has 174 valence electrons. The first-order chi connectivity index (χ1) is 15.5. The molecule has 1 N–H and O–H groups in total. The van der Waals surface area contributed by atoms with Crippen molar-refractivity contribution in [2.45, 2.75) is 62.8 Å². The van der Waals surface area contributed by atoms with Gasteiger partial charge in [0, 0.05) is 32.0 Å². The molecule has 3 heterocycles. The van der Waals surface area contributed by atoms with Crippen LogP contribution in [0, 0.1) is 10.1 Å². The van der Waals surface area contributed by atoms with Gasteiger partial charge in [0.2, 0.25) is 12.7 Å².